The van der Waals surface area contributed by atoms with Gasteiger partial charge in [-0.1, -0.05) is 35.0 Å². The molecule has 0 spiro atoms. The van der Waals surface area contributed by atoms with Crippen LogP contribution in [0.2, 0.25) is 10.0 Å². The Hall–Kier alpha value is -0.880. The largest absolute Gasteiger partial charge is 0.390 e. The lowest BCUT2D eigenvalue weighted by molar-refractivity contribution is 0.268. The number of aliphatic hydroxyl groups excluding tert-OH is 1. The van der Waals surface area contributed by atoms with E-state index in [2.05, 4.69) is 0 Å². The summed E-state index contributed by atoms with van der Waals surface area (Å²) in [7, 11) is 1.65. The second kappa shape index (κ2) is 6.48. The van der Waals surface area contributed by atoms with E-state index in [0.29, 0.717) is 20.8 Å². The highest BCUT2D eigenvalue weighted by Crippen LogP contribution is 2.34. The highest BCUT2D eigenvalue weighted by molar-refractivity contribution is 7.99. The molecule has 0 atom stereocenters. The van der Waals surface area contributed by atoms with Gasteiger partial charge in [-0.3, -0.25) is 9.13 Å². The maximum Gasteiger partial charge on any atom is 0.329 e. The lowest BCUT2D eigenvalue weighted by Gasteiger charge is -2.12. The van der Waals surface area contributed by atoms with Crippen molar-refractivity contribution in [3.8, 4) is 0 Å². The van der Waals surface area contributed by atoms with Crippen molar-refractivity contribution in [3.63, 3.8) is 0 Å². The molecule has 0 saturated carbocycles. The smallest absolute Gasteiger partial charge is 0.329 e. The van der Waals surface area contributed by atoms with Crippen LogP contribution in [-0.2, 0) is 13.7 Å². The van der Waals surface area contributed by atoms with E-state index in [0.717, 1.165) is 4.90 Å². The molecule has 1 aromatic carbocycles. The number of benzene rings is 1. The van der Waals surface area contributed by atoms with Crippen molar-refractivity contribution >= 4 is 35.0 Å². The summed E-state index contributed by atoms with van der Waals surface area (Å²) in [5, 5.41) is 11.3. The molecule has 114 valence electrons. The summed E-state index contributed by atoms with van der Waals surface area (Å²) < 4.78 is 3.12. The van der Waals surface area contributed by atoms with Gasteiger partial charge in [0.25, 0.3) is 0 Å². The van der Waals surface area contributed by atoms with Crippen molar-refractivity contribution in [2.45, 2.75) is 36.4 Å². The molecule has 1 N–H and O–H groups in total. The van der Waals surface area contributed by atoms with E-state index in [-0.39, 0.29) is 18.3 Å². The van der Waals surface area contributed by atoms with E-state index < -0.39 is 0 Å². The van der Waals surface area contributed by atoms with Gasteiger partial charge in [-0.25, -0.2) is 4.79 Å². The SMILES string of the molecule is CC(C)n1c(Sc2cc(Cl)cc(Cl)c2)c(CO)n(C)c1=O. The van der Waals surface area contributed by atoms with Gasteiger partial charge in [0.1, 0.15) is 5.03 Å². The van der Waals surface area contributed by atoms with Crippen LogP contribution >= 0.6 is 35.0 Å². The molecule has 1 aromatic heterocycles. The van der Waals surface area contributed by atoms with Gasteiger partial charge in [0, 0.05) is 28.0 Å². The second-order valence-electron chi connectivity index (χ2n) is 4.92. The molecule has 0 saturated heterocycles. The van der Waals surface area contributed by atoms with Gasteiger partial charge in [0.2, 0.25) is 0 Å². The lowest BCUT2D eigenvalue weighted by atomic mass is 10.4. The third-order valence-corrected chi connectivity index (χ3v) is 4.61. The molecule has 0 radical (unpaired) electrons. The minimum Gasteiger partial charge on any atom is -0.390 e. The fraction of sp³-hybridized carbons (Fsp3) is 0.357. The van der Waals surface area contributed by atoms with Crippen LogP contribution in [0.5, 0.6) is 0 Å². The van der Waals surface area contributed by atoms with Crippen molar-refractivity contribution in [1.82, 2.24) is 9.13 Å². The van der Waals surface area contributed by atoms with Crippen molar-refractivity contribution in [2.24, 2.45) is 7.05 Å². The van der Waals surface area contributed by atoms with Crippen LogP contribution in [0.15, 0.2) is 32.9 Å². The summed E-state index contributed by atoms with van der Waals surface area (Å²) in [5.41, 5.74) is 0.430. The quantitative estimate of drug-likeness (QED) is 0.917. The molecule has 0 fully saturated rings. The standard InChI is InChI=1S/C14H16Cl2N2O2S/c1-8(2)18-13(12(7-19)17(3)14(18)20)21-11-5-9(15)4-10(16)6-11/h4-6,8,19H,7H2,1-3H3. The Balaban J connectivity index is 2.57. The summed E-state index contributed by atoms with van der Waals surface area (Å²) in [6.45, 7) is 3.65. The van der Waals surface area contributed by atoms with Crippen LogP contribution in [0.4, 0.5) is 0 Å². The third kappa shape index (κ3) is 3.31. The molecule has 7 heteroatoms. The number of aliphatic hydroxyl groups is 1. The molecule has 0 aliphatic rings. The van der Waals surface area contributed by atoms with Crippen molar-refractivity contribution < 1.29 is 5.11 Å². The van der Waals surface area contributed by atoms with Gasteiger partial charge in [0.15, 0.2) is 0 Å². The Bertz CT molecular complexity index is 702. The number of rotatable bonds is 4. The number of hydrogen-bond acceptors (Lipinski definition) is 3. The number of halogens is 2. The molecule has 4 nitrogen and oxygen atoms in total. The molecule has 0 unspecified atom stereocenters. The van der Waals surface area contributed by atoms with Crippen LogP contribution in [-0.4, -0.2) is 14.2 Å². The molecule has 21 heavy (non-hydrogen) atoms. The Kier molecular flexibility index (Phi) is 5.09. The molecular formula is C14H16Cl2N2O2S. The first-order chi connectivity index (χ1) is 9.85. The predicted molar refractivity (Wildman–Crippen MR) is 86.6 cm³/mol. The molecule has 0 bridgehead atoms. The summed E-state index contributed by atoms with van der Waals surface area (Å²) in [6.07, 6.45) is 0. The monoisotopic (exact) mass is 346 g/mol. The van der Waals surface area contributed by atoms with Crippen molar-refractivity contribution in [1.29, 1.82) is 0 Å². The van der Waals surface area contributed by atoms with Crippen LogP contribution in [0.1, 0.15) is 25.6 Å². The summed E-state index contributed by atoms with van der Waals surface area (Å²) in [5.74, 6) is 0. The number of aromatic nitrogens is 2. The van der Waals surface area contributed by atoms with Crippen molar-refractivity contribution in [3.05, 3.63) is 44.4 Å². The Morgan fingerprint density at radius 2 is 1.81 bits per heavy atom. The van der Waals surface area contributed by atoms with Gasteiger partial charge < -0.3 is 5.11 Å². The van der Waals surface area contributed by atoms with Gasteiger partial charge in [0.05, 0.1) is 12.3 Å². The van der Waals surface area contributed by atoms with Gasteiger partial charge >= 0.3 is 5.69 Å². The van der Waals surface area contributed by atoms with E-state index in [4.69, 9.17) is 23.2 Å². The average Bonchev–Trinajstić information content (AvgIpc) is 2.59. The van der Waals surface area contributed by atoms with E-state index in [1.807, 2.05) is 13.8 Å². The fourth-order valence-electron chi connectivity index (χ4n) is 2.08. The Morgan fingerprint density at radius 1 is 1.24 bits per heavy atom. The fourth-order valence-corrected chi connectivity index (χ4v) is 4.04. The summed E-state index contributed by atoms with van der Waals surface area (Å²) in [6, 6.07) is 5.20. The van der Waals surface area contributed by atoms with E-state index >= 15 is 0 Å². The Labute approximate surface area is 137 Å². The zero-order chi connectivity index (χ0) is 15.7. The number of hydrogen-bond donors (Lipinski definition) is 1. The minimum atomic E-state index is -0.206. The first-order valence-corrected chi connectivity index (χ1v) is 7.97. The van der Waals surface area contributed by atoms with Crippen LogP contribution in [0.25, 0.3) is 0 Å². The zero-order valence-electron chi connectivity index (χ0n) is 11.9. The number of imidazole rings is 1. The van der Waals surface area contributed by atoms with Crippen LogP contribution in [0.3, 0.4) is 0 Å². The van der Waals surface area contributed by atoms with Gasteiger partial charge in [-0.05, 0) is 32.0 Å². The summed E-state index contributed by atoms with van der Waals surface area (Å²) in [4.78, 5) is 13.1. The van der Waals surface area contributed by atoms with Gasteiger partial charge in [-0.2, -0.15) is 0 Å². The minimum absolute atomic E-state index is 0.0128. The lowest BCUT2D eigenvalue weighted by Crippen LogP contribution is -2.24. The van der Waals surface area contributed by atoms with Crippen molar-refractivity contribution in [2.75, 3.05) is 0 Å². The van der Waals surface area contributed by atoms with E-state index in [1.165, 1.54) is 16.3 Å². The highest BCUT2D eigenvalue weighted by Gasteiger charge is 2.20. The van der Waals surface area contributed by atoms with E-state index in [9.17, 15) is 9.90 Å². The maximum absolute atomic E-state index is 12.3. The molecule has 1 heterocycles. The van der Waals surface area contributed by atoms with Gasteiger partial charge in [-0.15, -0.1) is 0 Å². The first kappa shape index (κ1) is 16.5. The molecular weight excluding hydrogens is 331 g/mol. The van der Waals surface area contributed by atoms with E-state index in [1.54, 1.807) is 29.8 Å². The Morgan fingerprint density at radius 3 is 2.29 bits per heavy atom. The predicted octanol–water partition coefficient (Wildman–Crippen LogP) is 3.72. The molecule has 0 amide bonds. The average molecular weight is 347 g/mol. The second-order valence-corrected chi connectivity index (χ2v) is 6.86. The third-order valence-electron chi connectivity index (χ3n) is 3.08. The first-order valence-electron chi connectivity index (χ1n) is 6.40. The van der Waals surface area contributed by atoms with Crippen LogP contribution < -0.4 is 5.69 Å². The highest BCUT2D eigenvalue weighted by atomic mass is 35.5. The maximum atomic E-state index is 12.3. The molecule has 0 aliphatic carbocycles. The summed E-state index contributed by atoms with van der Waals surface area (Å²) >= 11 is 13.4. The molecule has 2 rings (SSSR count). The molecule has 0 aliphatic heterocycles. The zero-order valence-corrected chi connectivity index (χ0v) is 14.3. The van der Waals surface area contributed by atoms with Crippen LogP contribution in [0, 0.1) is 0 Å². The number of nitrogens with zero attached hydrogens (tertiary/aromatic N) is 2. The normalized spacial score (nSPS) is 11.4. The molecule has 2 aromatic rings. The topological polar surface area (TPSA) is 47.2 Å².